The van der Waals surface area contributed by atoms with Crippen LogP contribution in [0.1, 0.15) is 44.7 Å². The second-order valence-electron chi connectivity index (χ2n) is 10.0. The van der Waals surface area contributed by atoms with Gasteiger partial charge in [-0.1, -0.05) is 40.2 Å². The number of rotatable bonds is 5. The van der Waals surface area contributed by atoms with Gasteiger partial charge in [-0.15, -0.1) is 0 Å². The molecule has 0 N–H and O–H groups in total. The highest BCUT2D eigenvalue weighted by molar-refractivity contribution is 9.10. The number of carbonyl (C=O) groups excluding carboxylic acids is 2. The first kappa shape index (κ1) is 26.0. The Morgan fingerprint density at radius 3 is 2.03 bits per heavy atom. The molecule has 3 aromatic rings. The van der Waals surface area contributed by atoms with Gasteiger partial charge in [0, 0.05) is 42.3 Å². The van der Waals surface area contributed by atoms with E-state index in [0.29, 0.717) is 42.6 Å². The molecule has 0 radical (unpaired) electrons. The molecule has 0 aliphatic carbocycles. The number of halogens is 2. The zero-order chi connectivity index (χ0) is 26.8. The molecule has 196 valence electrons. The monoisotopic (exact) mass is 579 g/mol. The van der Waals surface area contributed by atoms with Crippen molar-refractivity contribution >= 4 is 33.4 Å². The van der Waals surface area contributed by atoms with Gasteiger partial charge in [-0.05, 0) is 78.6 Å². The molecule has 0 aromatic heterocycles. The minimum Gasteiger partial charge on any atom is -0.338 e. The minimum atomic E-state index is -0.523. The first-order chi connectivity index (χ1) is 18.3. The van der Waals surface area contributed by atoms with Crippen LogP contribution in [0.2, 0.25) is 0 Å². The lowest BCUT2D eigenvalue weighted by Crippen LogP contribution is -2.34. The fourth-order valence-electron chi connectivity index (χ4n) is 5.51. The average molecular weight is 580 g/mol. The highest BCUT2D eigenvalue weighted by Crippen LogP contribution is 2.34. The fourth-order valence-corrected chi connectivity index (χ4v) is 5.87. The molecule has 2 aliphatic rings. The first-order valence-electron chi connectivity index (χ1n) is 12.6. The average Bonchev–Trinajstić information content (AvgIpc) is 3.22. The predicted octanol–water partition coefficient (Wildman–Crippen LogP) is 5.71. The van der Waals surface area contributed by atoms with Gasteiger partial charge < -0.3 is 9.80 Å². The number of likely N-dealkylation sites (tertiary alicyclic amines) is 2. The van der Waals surface area contributed by atoms with Crippen molar-refractivity contribution in [1.29, 1.82) is 0 Å². The largest absolute Gasteiger partial charge is 0.338 e. The van der Waals surface area contributed by atoms with Crippen LogP contribution in [0, 0.1) is 27.8 Å². The number of benzene rings is 3. The summed E-state index contributed by atoms with van der Waals surface area (Å²) >= 11 is 3.31. The molecular formula is C29H27BrFN3O4. The van der Waals surface area contributed by atoms with Crippen LogP contribution in [0.15, 0.2) is 71.2 Å². The SMILES string of the molecule is O=C(c1ccc(Cc2ccc(F)cc2)cc1)N1C[C@H]2CCN(C(=O)c3cc(Br)ccc3[N+](=O)[O-])CC[C@H]2C1. The molecule has 2 aliphatic heterocycles. The third kappa shape index (κ3) is 5.62. The molecule has 2 atom stereocenters. The molecular weight excluding hydrogens is 553 g/mol. The summed E-state index contributed by atoms with van der Waals surface area (Å²) < 4.78 is 13.8. The molecule has 2 fully saturated rings. The summed E-state index contributed by atoms with van der Waals surface area (Å²) in [6, 6.07) is 18.4. The maximum atomic E-state index is 13.2. The lowest BCUT2D eigenvalue weighted by atomic mass is 9.92. The Morgan fingerprint density at radius 1 is 0.868 bits per heavy atom. The fraction of sp³-hybridized carbons (Fsp3) is 0.310. The van der Waals surface area contributed by atoms with Gasteiger partial charge in [-0.25, -0.2) is 4.39 Å². The van der Waals surface area contributed by atoms with E-state index in [4.69, 9.17) is 0 Å². The van der Waals surface area contributed by atoms with Gasteiger partial charge in [0.15, 0.2) is 0 Å². The molecule has 0 bridgehead atoms. The molecule has 0 unspecified atom stereocenters. The summed E-state index contributed by atoms with van der Waals surface area (Å²) in [5, 5.41) is 11.4. The minimum absolute atomic E-state index is 0.00380. The molecule has 38 heavy (non-hydrogen) atoms. The van der Waals surface area contributed by atoms with E-state index in [1.165, 1.54) is 24.3 Å². The van der Waals surface area contributed by atoms with Crippen molar-refractivity contribution in [1.82, 2.24) is 9.80 Å². The topological polar surface area (TPSA) is 83.8 Å². The number of nitro groups is 1. The Kier molecular flexibility index (Phi) is 7.56. The van der Waals surface area contributed by atoms with E-state index in [-0.39, 0.29) is 40.7 Å². The van der Waals surface area contributed by atoms with Crippen LogP contribution in [0.5, 0.6) is 0 Å². The van der Waals surface area contributed by atoms with Gasteiger partial charge in [0.1, 0.15) is 11.4 Å². The molecule has 5 rings (SSSR count). The van der Waals surface area contributed by atoms with Crippen LogP contribution < -0.4 is 0 Å². The normalized spacial score (nSPS) is 19.1. The van der Waals surface area contributed by atoms with Gasteiger partial charge in [0.2, 0.25) is 0 Å². The van der Waals surface area contributed by atoms with Crippen LogP contribution in [-0.2, 0) is 6.42 Å². The summed E-state index contributed by atoms with van der Waals surface area (Å²) in [6.45, 7) is 2.29. The van der Waals surface area contributed by atoms with E-state index in [2.05, 4.69) is 15.9 Å². The standard InChI is InChI=1S/C29H27BrFN3O4/c30-24-7-10-27(34(37)38)26(16-24)29(36)32-13-11-22-17-33(18-23(22)12-14-32)28(35)21-5-1-19(2-6-21)15-20-3-8-25(31)9-4-20/h1-10,16,22-23H,11-15,17-18H2/t22-,23+. The summed E-state index contributed by atoms with van der Waals surface area (Å²) in [4.78, 5) is 40.9. The third-order valence-corrected chi connectivity index (χ3v) is 8.09. The third-order valence-electron chi connectivity index (χ3n) is 7.60. The van der Waals surface area contributed by atoms with Crippen LogP contribution in [0.25, 0.3) is 0 Å². The van der Waals surface area contributed by atoms with Crippen molar-refractivity contribution in [3.05, 3.63) is 109 Å². The zero-order valence-corrected chi connectivity index (χ0v) is 22.3. The number of hydrogen-bond donors (Lipinski definition) is 0. The van der Waals surface area contributed by atoms with Gasteiger partial charge in [0.05, 0.1) is 4.92 Å². The Labute approximate surface area is 228 Å². The van der Waals surface area contributed by atoms with Crippen molar-refractivity contribution in [2.45, 2.75) is 19.3 Å². The first-order valence-corrected chi connectivity index (χ1v) is 13.4. The summed E-state index contributed by atoms with van der Waals surface area (Å²) in [6.07, 6.45) is 2.16. The summed E-state index contributed by atoms with van der Waals surface area (Å²) in [7, 11) is 0. The highest BCUT2D eigenvalue weighted by atomic mass is 79.9. The lowest BCUT2D eigenvalue weighted by Gasteiger charge is -2.22. The molecule has 3 aromatic carbocycles. The van der Waals surface area contributed by atoms with E-state index in [1.807, 2.05) is 29.2 Å². The summed E-state index contributed by atoms with van der Waals surface area (Å²) in [5.74, 6) is -0.0148. The smallest absolute Gasteiger partial charge is 0.282 e. The Bertz CT molecular complexity index is 1350. The maximum absolute atomic E-state index is 13.2. The van der Waals surface area contributed by atoms with Crippen molar-refractivity contribution < 1.29 is 18.9 Å². The van der Waals surface area contributed by atoms with Crippen molar-refractivity contribution in [2.24, 2.45) is 11.8 Å². The van der Waals surface area contributed by atoms with Crippen molar-refractivity contribution in [3.8, 4) is 0 Å². The second-order valence-corrected chi connectivity index (χ2v) is 10.9. The van der Waals surface area contributed by atoms with E-state index in [1.54, 1.807) is 23.1 Å². The van der Waals surface area contributed by atoms with Gasteiger partial charge in [-0.2, -0.15) is 0 Å². The highest BCUT2D eigenvalue weighted by Gasteiger charge is 2.38. The van der Waals surface area contributed by atoms with E-state index in [0.717, 1.165) is 24.0 Å². The van der Waals surface area contributed by atoms with E-state index < -0.39 is 4.92 Å². The van der Waals surface area contributed by atoms with Gasteiger partial charge in [0.25, 0.3) is 17.5 Å². The zero-order valence-electron chi connectivity index (χ0n) is 20.7. The molecule has 7 nitrogen and oxygen atoms in total. The number of fused-ring (bicyclic) bond motifs is 1. The Balaban J connectivity index is 1.19. The van der Waals surface area contributed by atoms with E-state index >= 15 is 0 Å². The molecule has 2 amide bonds. The van der Waals surface area contributed by atoms with Crippen molar-refractivity contribution in [3.63, 3.8) is 0 Å². The molecule has 0 saturated carbocycles. The molecule has 2 heterocycles. The quantitative estimate of drug-likeness (QED) is 0.286. The van der Waals surface area contributed by atoms with Crippen LogP contribution in [0.3, 0.4) is 0 Å². The van der Waals surface area contributed by atoms with Crippen LogP contribution in [0.4, 0.5) is 10.1 Å². The molecule has 2 saturated heterocycles. The Morgan fingerprint density at radius 2 is 1.45 bits per heavy atom. The second kappa shape index (κ2) is 11.0. The number of amides is 2. The van der Waals surface area contributed by atoms with Crippen LogP contribution in [-0.4, -0.2) is 52.7 Å². The Hall–Kier alpha value is -3.59. The molecule has 0 spiro atoms. The number of nitrogens with zero attached hydrogens (tertiary/aromatic N) is 3. The number of nitro benzene ring substituents is 1. The van der Waals surface area contributed by atoms with E-state index in [9.17, 15) is 24.1 Å². The van der Waals surface area contributed by atoms with Crippen molar-refractivity contribution in [2.75, 3.05) is 26.2 Å². The number of hydrogen-bond acceptors (Lipinski definition) is 4. The maximum Gasteiger partial charge on any atom is 0.282 e. The van der Waals surface area contributed by atoms with Gasteiger partial charge in [-0.3, -0.25) is 19.7 Å². The predicted molar refractivity (Wildman–Crippen MR) is 144 cm³/mol. The van der Waals surface area contributed by atoms with Crippen LogP contribution >= 0.6 is 15.9 Å². The lowest BCUT2D eigenvalue weighted by molar-refractivity contribution is -0.385. The van der Waals surface area contributed by atoms with Gasteiger partial charge >= 0.3 is 0 Å². The summed E-state index contributed by atoms with van der Waals surface area (Å²) in [5.41, 5.74) is 2.60. The molecule has 9 heteroatoms. The number of carbonyl (C=O) groups is 2.